The van der Waals surface area contributed by atoms with Gasteiger partial charge in [-0.05, 0) is 40.5 Å². The summed E-state index contributed by atoms with van der Waals surface area (Å²) in [7, 11) is 0. The minimum Gasteiger partial charge on any atom is -0.493 e. The normalized spacial score (nSPS) is 9.29. The molecule has 14 heavy (non-hydrogen) atoms. The maximum absolute atomic E-state index is 9.90. The van der Waals surface area contributed by atoms with Crippen LogP contribution in [0.25, 0.3) is 0 Å². The lowest BCUT2D eigenvalue weighted by atomic mass is 10.2. The zero-order valence-electron chi connectivity index (χ0n) is 7.79. The lowest BCUT2D eigenvalue weighted by molar-refractivity contribution is 0.338. The molecule has 0 atom stereocenters. The van der Waals surface area contributed by atoms with Crippen LogP contribution in [0.2, 0.25) is 0 Å². The third-order valence-corrected chi connectivity index (χ3v) is 2.24. The van der Waals surface area contributed by atoms with E-state index in [9.17, 15) is 4.79 Å². The highest BCUT2D eigenvalue weighted by atomic mass is 79.9. The highest BCUT2D eigenvalue weighted by molar-refractivity contribution is 9.10. The molecule has 3 nitrogen and oxygen atoms in total. The number of carbonyl (C=O) groups excluding carboxylic acids is 1. The summed E-state index contributed by atoms with van der Waals surface area (Å²) in [6.07, 6.45) is 1.50. The maximum Gasteiger partial charge on any atom is 0.235 e. The van der Waals surface area contributed by atoms with E-state index in [0.717, 1.165) is 15.8 Å². The predicted octanol–water partition coefficient (Wildman–Crippen LogP) is 2.68. The topological polar surface area (TPSA) is 38.7 Å². The van der Waals surface area contributed by atoms with E-state index in [4.69, 9.17) is 4.74 Å². The van der Waals surface area contributed by atoms with Crippen LogP contribution in [0.1, 0.15) is 12.5 Å². The number of ether oxygens (including phenoxy) is 1. The van der Waals surface area contributed by atoms with Crippen molar-refractivity contribution in [1.29, 1.82) is 0 Å². The van der Waals surface area contributed by atoms with Crippen LogP contribution in [-0.2, 0) is 11.3 Å². The monoisotopic (exact) mass is 255 g/mol. The zero-order chi connectivity index (χ0) is 10.4. The fourth-order valence-corrected chi connectivity index (χ4v) is 1.58. The van der Waals surface area contributed by atoms with Gasteiger partial charge in [0.05, 0.1) is 17.6 Å². The molecule has 0 aliphatic rings. The quantitative estimate of drug-likeness (QED) is 0.613. The second-order valence-electron chi connectivity index (χ2n) is 2.61. The molecular formula is C10H10BrNO2. The molecule has 0 N–H and O–H groups in total. The Balaban J connectivity index is 2.82. The number of aliphatic imine (C=N–C) groups is 1. The smallest absolute Gasteiger partial charge is 0.235 e. The number of halogens is 1. The largest absolute Gasteiger partial charge is 0.493 e. The number of nitrogens with zero attached hydrogens (tertiary/aromatic N) is 1. The van der Waals surface area contributed by atoms with E-state index in [2.05, 4.69) is 20.9 Å². The molecule has 0 saturated carbocycles. The molecule has 74 valence electrons. The number of hydrogen-bond donors (Lipinski definition) is 0. The summed E-state index contributed by atoms with van der Waals surface area (Å²) in [5.41, 5.74) is 0.948. The highest BCUT2D eigenvalue weighted by Gasteiger charge is 2.01. The van der Waals surface area contributed by atoms with Gasteiger partial charge in [-0.15, -0.1) is 0 Å². The minimum atomic E-state index is 0.356. The van der Waals surface area contributed by atoms with E-state index in [-0.39, 0.29) is 0 Å². The van der Waals surface area contributed by atoms with Gasteiger partial charge in [-0.25, -0.2) is 9.79 Å². The number of rotatable bonds is 4. The average molecular weight is 256 g/mol. The van der Waals surface area contributed by atoms with Gasteiger partial charge in [-0.3, -0.25) is 0 Å². The first-order valence-electron chi connectivity index (χ1n) is 4.22. The Labute approximate surface area is 90.9 Å². The Kier molecular flexibility index (Phi) is 4.36. The highest BCUT2D eigenvalue weighted by Crippen LogP contribution is 2.26. The van der Waals surface area contributed by atoms with Crippen LogP contribution in [0.5, 0.6) is 5.75 Å². The Morgan fingerprint density at radius 3 is 2.93 bits per heavy atom. The Hall–Kier alpha value is -1.12. The molecule has 0 amide bonds. The Morgan fingerprint density at radius 2 is 2.36 bits per heavy atom. The first-order chi connectivity index (χ1) is 6.77. The summed E-state index contributed by atoms with van der Waals surface area (Å²) in [5.74, 6) is 0.798. The van der Waals surface area contributed by atoms with Crippen LogP contribution in [0.4, 0.5) is 0 Å². The van der Waals surface area contributed by atoms with Crippen molar-refractivity contribution in [2.24, 2.45) is 4.99 Å². The molecule has 0 radical (unpaired) electrons. The first-order valence-corrected chi connectivity index (χ1v) is 5.02. The molecule has 0 unspecified atom stereocenters. The standard InChI is InChI=1S/C10H10BrNO2/c1-2-14-10-4-3-8(5-9(10)11)6-12-7-13/h3-5H,2,6H2,1H3. The van der Waals surface area contributed by atoms with Crippen LogP contribution in [-0.4, -0.2) is 12.7 Å². The molecule has 0 heterocycles. The van der Waals surface area contributed by atoms with Crippen molar-refractivity contribution >= 4 is 22.0 Å². The van der Waals surface area contributed by atoms with Gasteiger partial charge in [0, 0.05) is 0 Å². The summed E-state index contributed by atoms with van der Waals surface area (Å²) >= 11 is 3.37. The van der Waals surface area contributed by atoms with E-state index in [0.29, 0.717) is 13.2 Å². The molecular weight excluding hydrogens is 246 g/mol. The molecule has 0 aliphatic carbocycles. The third kappa shape index (κ3) is 2.98. The summed E-state index contributed by atoms with van der Waals surface area (Å²) in [5, 5.41) is 0. The zero-order valence-corrected chi connectivity index (χ0v) is 9.37. The van der Waals surface area contributed by atoms with Crippen molar-refractivity contribution in [2.45, 2.75) is 13.5 Å². The van der Waals surface area contributed by atoms with Gasteiger partial charge in [-0.1, -0.05) is 6.07 Å². The molecule has 1 aromatic rings. The van der Waals surface area contributed by atoms with Gasteiger partial charge >= 0.3 is 0 Å². The second kappa shape index (κ2) is 5.58. The summed E-state index contributed by atoms with van der Waals surface area (Å²) in [6, 6.07) is 5.60. The molecule has 0 spiro atoms. The molecule has 4 heteroatoms. The fraction of sp³-hybridized carbons (Fsp3) is 0.300. The number of hydrogen-bond acceptors (Lipinski definition) is 3. The Bertz CT molecular complexity index is 359. The van der Waals surface area contributed by atoms with Gasteiger partial charge < -0.3 is 4.74 Å². The van der Waals surface area contributed by atoms with Gasteiger partial charge in [0.2, 0.25) is 6.08 Å². The molecule has 0 aromatic heterocycles. The second-order valence-corrected chi connectivity index (χ2v) is 3.46. The van der Waals surface area contributed by atoms with Crippen molar-refractivity contribution in [3.8, 4) is 5.75 Å². The van der Waals surface area contributed by atoms with Gasteiger partial charge in [0.15, 0.2) is 0 Å². The predicted molar refractivity (Wildman–Crippen MR) is 57.1 cm³/mol. The van der Waals surface area contributed by atoms with E-state index < -0.39 is 0 Å². The third-order valence-electron chi connectivity index (χ3n) is 1.62. The van der Waals surface area contributed by atoms with Crippen molar-refractivity contribution in [2.75, 3.05) is 6.61 Å². The maximum atomic E-state index is 9.90. The fourth-order valence-electron chi connectivity index (χ4n) is 1.04. The SMILES string of the molecule is CCOc1ccc(CN=C=O)cc1Br. The molecule has 0 aliphatic heterocycles. The van der Waals surface area contributed by atoms with Crippen LogP contribution in [0, 0.1) is 0 Å². The van der Waals surface area contributed by atoms with Crippen molar-refractivity contribution in [3.05, 3.63) is 28.2 Å². The van der Waals surface area contributed by atoms with Crippen molar-refractivity contribution in [1.82, 2.24) is 0 Å². The summed E-state index contributed by atoms with van der Waals surface area (Å²) in [4.78, 5) is 13.4. The summed E-state index contributed by atoms with van der Waals surface area (Å²) in [6.45, 7) is 2.91. The average Bonchev–Trinajstić information content (AvgIpc) is 2.19. The van der Waals surface area contributed by atoms with Crippen LogP contribution < -0.4 is 4.74 Å². The van der Waals surface area contributed by atoms with E-state index in [1.54, 1.807) is 0 Å². The lowest BCUT2D eigenvalue weighted by Crippen LogP contribution is -1.93. The first kappa shape index (κ1) is 11.0. The molecule has 0 bridgehead atoms. The van der Waals surface area contributed by atoms with Crippen molar-refractivity contribution in [3.63, 3.8) is 0 Å². The van der Waals surface area contributed by atoms with Gasteiger partial charge in [0.1, 0.15) is 5.75 Å². The van der Waals surface area contributed by atoms with E-state index in [1.165, 1.54) is 6.08 Å². The molecule has 0 saturated heterocycles. The van der Waals surface area contributed by atoms with E-state index >= 15 is 0 Å². The van der Waals surface area contributed by atoms with Crippen LogP contribution >= 0.6 is 15.9 Å². The molecule has 0 fully saturated rings. The summed E-state index contributed by atoms with van der Waals surface area (Å²) < 4.78 is 6.21. The molecule has 1 aromatic carbocycles. The minimum absolute atomic E-state index is 0.356. The van der Waals surface area contributed by atoms with Crippen LogP contribution in [0.15, 0.2) is 27.7 Å². The van der Waals surface area contributed by atoms with Crippen LogP contribution in [0.3, 0.4) is 0 Å². The molecule has 1 rings (SSSR count). The Morgan fingerprint density at radius 1 is 1.57 bits per heavy atom. The van der Waals surface area contributed by atoms with Crippen molar-refractivity contribution < 1.29 is 9.53 Å². The van der Waals surface area contributed by atoms with Gasteiger partial charge in [0.25, 0.3) is 0 Å². The van der Waals surface area contributed by atoms with E-state index in [1.807, 2.05) is 25.1 Å². The number of isocyanates is 1. The lowest BCUT2D eigenvalue weighted by Gasteiger charge is -2.06. The number of benzene rings is 1. The van der Waals surface area contributed by atoms with Gasteiger partial charge in [-0.2, -0.15) is 0 Å².